The molecule has 0 bridgehead atoms. The average Bonchev–Trinajstić information content (AvgIpc) is 2.88. The zero-order valence-corrected chi connectivity index (χ0v) is 14.3. The number of rotatable bonds is 2. The molecule has 0 N–H and O–H groups in total. The van der Waals surface area contributed by atoms with Crippen LogP contribution in [-0.2, 0) is 9.53 Å². The lowest BCUT2D eigenvalue weighted by Gasteiger charge is -2.35. The number of morpholine rings is 1. The summed E-state index contributed by atoms with van der Waals surface area (Å²) in [5, 5.41) is 0.775. The summed E-state index contributed by atoms with van der Waals surface area (Å²) in [7, 11) is 1.63. The lowest BCUT2D eigenvalue weighted by Crippen LogP contribution is -2.47. The van der Waals surface area contributed by atoms with Gasteiger partial charge < -0.3 is 14.4 Å². The number of nitrogens with zero attached hydrogens (tertiary/aromatic N) is 2. The fraction of sp³-hybridized carbons (Fsp3) is 0.412. The summed E-state index contributed by atoms with van der Waals surface area (Å²) in [5.41, 5.74) is 0.960. The van der Waals surface area contributed by atoms with Crippen molar-refractivity contribution < 1.29 is 14.3 Å². The Bertz CT molecular complexity index is 644. The largest absolute Gasteiger partial charge is 0.497 e. The van der Waals surface area contributed by atoms with E-state index >= 15 is 0 Å². The van der Waals surface area contributed by atoms with Gasteiger partial charge in [0.1, 0.15) is 5.75 Å². The summed E-state index contributed by atoms with van der Waals surface area (Å²) in [6.45, 7) is 5.61. The summed E-state index contributed by atoms with van der Waals surface area (Å²) >= 11 is 1.43. The third kappa shape index (κ3) is 3.76. The van der Waals surface area contributed by atoms with Crippen molar-refractivity contribution >= 4 is 28.9 Å². The van der Waals surface area contributed by atoms with E-state index in [0.29, 0.717) is 4.91 Å². The smallest absolute Gasteiger partial charge is 0.286 e. The van der Waals surface area contributed by atoms with Gasteiger partial charge in [0, 0.05) is 13.1 Å². The zero-order valence-electron chi connectivity index (χ0n) is 13.5. The van der Waals surface area contributed by atoms with E-state index in [1.807, 2.05) is 44.2 Å². The van der Waals surface area contributed by atoms with Crippen molar-refractivity contribution in [2.24, 2.45) is 4.99 Å². The van der Waals surface area contributed by atoms with Crippen LogP contribution in [0.15, 0.2) is 34.2 Å². The summed E-state index contributed by atoms with van der Waals surface area (Å²) in [6, 6.07) is 7.61. The predicted molar refractivity (Wildman–Crippen MR) is 92.6 cm³/mol. The Morgan fingerprint density at radius 1 is 1.26 bits per heavy atom. The molecule has 1 saturated heterocycles. The molecule has 2 aliphatic heterocycles. The monoisotopic (exact) mass is 332 g/mol. The summed E-state index contributed by atoms with van der Waals surface area (Å²) < 4.78 is 10.9. The number of aliphatic imine (C=N–C) groups is 1. The lowest BCUT2D eigenvalue weighted by molar-refractivity contribution is -0.113. The standard InChI is InChI=1S/C17H20N2O3S/c1-11-9-19(10-12(2)22-11)17-18-16(20)15(23-17)8-13-4-6-14(21-3)7-5-13/h4-8,11-12H,9-10H2,1-3H3/b15-8+/t11-,12-/m0/s1. The Labute approximate surface area is 140 Å². The Kier molecular flexibility index (Phi) is 4.73. The van der Waals surface area contributed by atoms with Crippen molar-refractivity contribution in [1.29, 1.82) is 0 Å². The quantitative estimate of drug-likeness (QED) is 0.780. The molecule has 23 heavy (non-hydrogen) atoms. The average molecular weight is 332 g/mol. The number of amides is 1. The van der Waals surface area contributed by atoms with E-state index in [1.165, 1.54) is 11.8 Å². The number of carbonyl (C=O) groups excluding carboxylic acids is 1. The van der Waals surface area contributed by atoms with Gasteiger partial charge >= 0.3 is 0 Å². The van der Waals surface area contributed by atoms with E-state index in [4.69, 9.17) is 9.47 Å². The van der Waals surface area contributed by atoms with Crippen LogP contribution in [0.3, 0.4) is 0 Å². The van der Waals surface area contributed by atoms with Crippen LogP contribution >= 0.6 is 11.8 Å². The van der Waals surface area contributed by atoms with Gasteiger partial charge in [-0.2, -0.15) is 4.99 Å². The second-order valence-electron chi connectivity index (χ2n) is 5.75. The van der Waals surface area contributed by atoms with E-state index in [0.717, 1.165) is 29.6 Å². The van der Waals surface area contributed by atoms with Gasteiger partial charge in [0.2, 0.25) is 0 Å². The first-order chi connectivity index (χ1) is 11.0. The highest BCUT2D eigenvalue weighted by molar-refractivity contribution is 8.18. The number of benzene rings is 1. The maximum atomic E-state index is 12.2. The molecule has 5 nitrogen and oxygen atoms in total. The molecule has 2 aliphatic rings. The molecule has 3 rings (SSSR count). The molecule has 0 aliphatic carbocycles. The van der Waals surface area contributed by atoms with Gasteiger partial charge in [-0.15, -0.1) is 0 Å². The van der Waals surface area contributed by atoms with E-state index in [1.54, 1.807) is 7.11 Å². The first kappa shape index (κ1) is 16.1. The first-order valence-corrected chi connectivity index (χ1v) is 8.44. The zero-order chi connectivity index (χ0) is 16.4. The molecule has 0 unspecified atom stereocenters. The molecule has 1 amide bonds. The number of hydrogen-bond donors (Lipinski definition) is 0. The van der Waals surface area contributed by atoms with Crippen molar-refractivity contribution in [3.63, 3.8) is 0 Å². The molecule has 0 aromatic heterocycles. The van der Waals surface area contributed by atoms with Crippen LogP contribution in [0.2, 0.25) is 0 Å². The highest BCUT2D eigenvalue weighted by atomic mass is 32.2. The number of methoxy groups -OCH3 is 1. The van der Waals surface area contributed by atoms with Crippen LogP contribution in [0.25, 0.3) is 6.08 Å². The third-order valence-electron chi connectivity index (χ3n) is 3.71. The van der Waals surface area contributed by atoms with E-state index in [-0.39, 0.29) is 18.1 Å². The normalized spacial score (nSPS) is 26.6. The van der Waals surface area contributed by atoms with Gasteiger partial charge in [0.05, 0.1) is 24.2 Å². The highest BCUT2D eigenvalue weighted by Gasteiger charge is 2.30. The van der Waals surface area contributed by atoms with Gasteiger partial charge in [-0.25, -0.2) is 0 Å². The minimum atomic E-state index is -0.174. The molecular weight excluding hydrogens is 312 g/mol. The maximum Gasteiger partial charge on any atom is 0.286 e. The second-order valence-corrected chi connectivity index (χ2v) is 6.75. The second kappa shape index (κ2) is 6.76. The predicted octanol–water partition coefficient (Wildman–Crippen LogP) is 2.77. The first-order valence-electron chi connectivity index (χ1n) is 7.62. The molecular formula is C17H20N2O3S. The van der Waals surface area contributed by atoms with E-state index < -0.39 is 0 Å². The SMILES string of the molecule is COc1ccc(/C=C2/SC(N3C[C@H](C)O[C@@H](C)C3)=NC2=O)cc1. The molecule has 122 valence electrons. The number of thioether (sulfide) groups is 1. The van der Waals surface area contributed by atoms with Crippen molar-refractivity contribution in [2.45, 2.75) is 26.1 Å². The summed E-state index contributed by atoms with van der Waals surface area (Å²) in [4.78, 5) is 19.2. The number of hydrogen-bond acceptors (Lipinski definition) is 5. The van der Waals surface area contributed by atoms with Crippen LogP contribution in [0.5, 0.6) is 5.75 Å². The summed E-state index contributed by atoms with van der Waals surface area (Å²) in [5.74, 6) is 0.624. The van der Waals surface area contributed by atoms with Gasteiger partial charge in [0.25, 0.3) is 5.91 Å². The topological polar surface area (TPSA) is 51.1 Å². The van der Waals surface area contributed by atoms with Crippen LogP contribution < -0.4 is 4.74 Å². The Morgan fingerprint density at radius 3 is 2.52 bits per heavy atom. The molecule has 0 radical (unpaired) electrons. The van der Waals surface area contributed by atoms with E-state index in [9.17, 15) is 4.79 Å². The summed E-state index contributed by atoms with van der Waals surface area (Å²) in [6.07, 6.45) is 2.16. The van der Waals surface area contributed by atoms with Crippen molar-refractivity contribution in [2.75, 3.05) is 20.2 Å². The molecule has 2 heterocycles. The number of carbonyl (C=O) groups is 1. The molecule has 6 heteroatoms. The van der Waals surface area contributed by atoms with Crippen molar-refractivity contribution in [3.05, 3.63) is 34.7 Å². The fourth-order valence-corrected chi connectivity index (χ4v) is 3.65. The van der Waals surface area contributed by atoms with Crippen molar-refractivity contribution in [3.8, 4) is 5.75 Å². The molecule has 0 spiro atoms. The Morgan fingerprint density at radius 2 is 1.91 bits per heavy atom. The van der Waals surface area contributed by atoms with Gasteiger partial charge in [-0.3, -0.25) is 4.79 Å². The Balaban J connectivity index is 1.72. The Hall–Kier alpha value is -1.79. The number of ether oxygens (including phenoxy) is 2. The fourth-order valence-electron chi connectivity index (χ4n) is 2.72. The maximum absolute atomic E-state index is 12.2. The molecule has 1 aromatic rings. The van der Waals surface area contributed by atoms with Crippen LogP contribution in [-0.4, -0.2) is 48.4 Å². The van der Waals surface area contributed by atoms with E-state index in [2.05, 4.69) is 9.89 Å². The molecule has 2 atom stereocenters. The molecule has 0 saturated carbocycles. The third-order valence-corrected chi connectivity index (χ3v) is 4.76. The highest BCUT2D eigenvalue weighted by Crippen LogP contribution is 2.31. The minimum Gasteiger partial charge on any atom is -0.497 e. The van der Waals surface area contributed by atoms with Crippen molar-refractivity contribution in [1.82, 2.24) is 4.90 Å². The molecule has 1 fully saturated rings. The minimum absolute atomic E-state index is 0.145. The van der Waals surface area contributed by atoms with Gasteiger partial charge in [-0.05, 0) is 49.4 Å². The van der Waals surface area contributed by atoms with Gasteiger partial charge in [-0.1, -0.05) is 12.1 Å². The van der Waals surface area contributed by atoms with Gasteiger partial charge in [0.15, 0.2) is 5.17 Å². The van der Waals surface area contributed by atoms with Crippen LogP contribution in [0.1, 0.15) is 19.4 Å². The van der Waals surface area contributed by atoms with Crippen LogP contribution in [0.4, 0.5) is 0 Å². The molecule has 1 aromatic carbocycles. The lowest BCUT2D eigenvalue weighted by atomic mass is 10.2. The van der Waals surface area contributed by atoms with Crippen LogP contribution in [0, 0.1) is 0 Å². The number of amidine groups is 1.